The average Bonchev–Trinajstić information content (AvgIpc) is 2.51. The highest BCUT2D eigenvalue weighted by atomic mass is 32.2. The van der Waals surface area contributed by atoms with Crippen molar-refractivity contribution in [3.05, 3.63) is 0 Å². The van der Waals surface area contributed by atoms with E-state index in [0.717, 1.165) is 19.4 Å². The van der Waals surface area contributed by atoms with Crippen LogP contribution in [0, 0.1) is 0 Å². The summed E-state index contributed by atoms with van der Waals surface area (Å²) in [5.41, 5.74) is 5.56. The summed E-state index contributed by atoms with van der Waals surface area (Å²) >= 11 is 1.58. The smallest absolute Gasteiger partial charge is 0.232 e. The molecule has 1 aliphatic heterocycles. The van der Waals surface area contributed by atoms with E-state index in [4.69, 9.17) is 5.73 Å². The Morgan fingerprint density at radius 2 is 2.50 bits per heavy atom. The second-order valence-corrected chi connectivity index (χ2v) is 3.92. The van der Waals surface area contributed by atoms with Gasteiger partial charge in [0.1, 0.15) is 0 Å². The van der Waals surface area contributed by atoms with Crippen LogP contribution in [0.2, 0.25) is 0 Å². The molecule has 0 radical (unpaired) electrons. The summed E-state index contributed by atoms with van der Waals surface area (Å²) in [7, 11) is 0. The third kappa shape index (κ3) is 2.14. The van der Waals surface area contributed by atoms with Gasteiger partial charge in [0, 0.05) is 19.1 Å². The van der Waals surface area contributed by atoms with Gasteiger partial charge in [-0.25, -0.2) is 0 Å². The Morgan fingerprint density at radius 3 is 3.08 bits per heavy atom. The van der Waals surface area contributed by atoms with Crippen LogP contribution in [0.15, 0.2) is 0 Å². The largest absolute Gasteiger partial charge is 0.338 e. The van der Waals surface area contributed by atoms with Gasteiger partial charge >= 0.3 is 0 Å². The van der Waals surface area contributed by atoms with E-state index in [-0.39, 0.29) is 5.91 Å². The summed E-state index contributed by atoms with van der Waals surface area (Å²) in [6.45, 7) is 1.52. The minimum Gasteiger partial charge on any atom is -0.338 e. The van der Waals surface area contributed by atoms with Crippen LogP contribution in [0.4, 0.5) is 0 Å². The number of likely N-dealkylation sites (tertiary alicyclic amines) is 1. The summed E-state index contributed by atoms with van der Waals surface area (Å²) in [6.07, 6.45) is 4.14. The maximum absolute atomic E-state index is 11.5. The summed E-state index contributed by atoms with van der Waals surface area (Å²) in [4.78, 5) is 13.4. The molecule has 4 heteroatoms. The Hall–Kier alpha value is -0.220. The number of thioether (sulfide) groups is 1. The molecule has 1 atom stereocenters. The molecule has 1 rings (SSSR count). The third-order valence-corrected chi connectivity index (χ3v) is 2.77. The normalized spacial score (nSPS) is 23.2. The standard InChI is InChI=1S/C8H16N2OS/c1-12-6-8(11)10-4-2-3-7(10)5-9/h7H,2-6,9H2,1H3. The SMILES string of the molecule is CSCC(=O)N1CCCC1CN. The molecule has 0 saturated carbocycles. The first-order chi connectivity index (χ1) is 5.79. The van der Waals surface area contributed by atoms with Gasteiger partial charge in [-0.05, 0) is 19.1 Å². The van der Waals surface area contributed by atoms with Crippen molar-refractivity contribution >= 4 is 17.7 Å². The van der Waals surface area contributed by atoms with Crippen molar-refractivity contribution in [2.24, 2.45) is 5.73 Å². The Bertz CT molecular complexity index is 163. The predicted molar refractivity (Wildman–Crippen MR) is 52.2 cm³/mol. The molecule has 1 heterocycles. The van der Waals surface area contributed by atoms with E-state index in [9.17, 15) is 4.79 Å². The fourth-order valence-corrected chi connectivity index (χ4v) is 2.03. The number of amides is 1. The Balaban J connectivity index is 2.43. The first-order valence-corrected chi connectivity index (χ1v) is 5.67. The van der Waals surface area contributed by atoms with Gasteiger partial charge in [-0.2, -0.15) is 11.8 Å². The van der Waals surface area contributed by atoms with E-state index >= 15 is 0 Å². The van der Waals surface area contributed by atoms with Crippen LogP contribution in [-0.2, 0) is 4.79 Å². The lowest BCUT2D eigenvalue weighted by molar-refractivity contribution is -0.128. The Morgan fingerprint density at radius 1 is 1.75 bits per heavy atom. The fourth-order valence-electron chi connectivity index (χ4n) is 1.62. The van der Waals surface area contributed by atoms with Gasteiger partial charge in [-0.15, -0.1) is 0 Å². The van der Waals surface area contributed by atoms with Gasteiger partial charge in [0.25, 0.3) is 0 Å². The van der Waals surface area contributed by atoms with Crippen LogP contribution < -0.4 is 5.73 Å². The van der Waals surface area contributed by atoms with Crippen LogP contribution in [0.3, 0.4) is 0 Å². The molecule has 1 fully saturated rings. The van der Waals surface area contributed by atoms with Crippen molar-refractivity contribution in [2.75, 3.05) is 25.1 Å². The minimum absolute atomic E-state index is 0.246. The second kappa shape index (κ2) is 4.72. The van der Waals surface area contributed by atoms with Crippen molar-refractivity contribution in [3.8, 4) is 0 Å². The number of nitrogens with two attached hydrogens (primary N) is 1. The lowest BCUT2D eigenvalue weighted by atomic mass is 10.2. The first-order valence-electron chi connectivity index (χ1n) is 4.28. The molecule has 70 valence electrons. The van der Waals surface area contributed by atoms with E-state index < -0.39 is 0 Å². The van der Waals surface area contributed by atoms with Gasteiger partial charge in [0.05, 0.1) is 5.75 Å². The van der Waals surface area contributed by atoms with Crippen molar-refractivity contribution in [3.63, 3.8) is 0 Å². The van der Waals surface area contributed by atoms with Gasteiger partial charge < -0.3 is 10.6 Å². The van der Waals surface area contributed by atoms with E-state index in [1.54, 1.807) is 11.8 Å². The zero-order chi connectivity index (χ0) is 8.97. The predicted octanol–water partition coefficient (Wildman–Crippen LogP) is 0.299. The van der Waals surface area contributed by atoms with Crippen LogP contribution in [0.1, 0.15) is 12.8 Å². The van der Waals surface area contributed by atoms with Crippen molar-refractivity contribution in [1.82, 2.24) is 4.90 Å². The fraction of sp³-hybridized carbons (Fsp3) is 0.875. The molecule has 1 saturated heterocycles. The lowest BCUT2D eigenvalue weighted by Crippen LogP contribution is -2.40. The number of carbonyl (C=O) groups is 1. The van der Waals surface area contributed by atoms with E-state index in [1.807, 2.05) is 11.2 Å². The molecule has 3 nitrogen and oxygen atoms in total. The minimum atomic E-state index is 0.246. The van der Waals surface area contributed by atoms with Gasteiger partial charge in [-0.1, -0.05) is 0 Å². The molecule has 0 bridgehead atoms. The summed E-state index contributed by atoms with van der Waals surface area (Å²) in [5, 5.41) is 0. The number of carbonyl (C=O) groups excluding carboxylic acids is 1. The number of rotatable bonds is 3. The van der Waals surface area contributed by atoms with Gasteiger partial charge in [0.15, 0.2) is 0 Å². The topological polar surface area (TPSA) is 46.3 Å². The van der Waals surface area contributed by atoms with Crippen LogP contribution >= 0.6 is 11.8 Å². The number of hydrogen-bond acceptors (Lipinski definition) is 3. The average molecular weight is 188 g/mol. The zero-order valence-corrected chi connectivity index (χ0v) is 8.27. The van der Waals surface area contributed by atoms with Gasteiger partial charge in [0.2, 0.25) is 5.91 Å². The third-order valence-electron chi connectivity index (χ3n) is 2.24. The van der Waals surface area contributed by atoms with Crippen molar-refractivity contribution in [2.45, 2.75) is 18.9 Å². The van der Waals surface area contributed by atoms with E-state index in [0.29, 0.717) is 18.3 Å². The van der Waals surface area contributed by atoms with Crippen LogP contribution in [0.25, 0.3) is 0 Å². The summed E-state index contributed by atoms with van der Waals surface area (Å²) in [6, 6.07) is 0.310. The Labute approximate surface area is 77.7 Å². The molecule has 0 spiro atoms. The molecule has 0 aromatic heterocycles. The molecule has 12 heavy (non-hydrogen) atoms. The van der Waals surface area contributed by atoms with Crippen molar-refractivity contribution < 1.29 is 4.79 Å². The molecular formula is C8H16N2OS. The van der Waals surface area contributed by atoms with E-state index in [2.05, 4.69) is 0 Å². The second-order valence-electron chi connectivity index (χ2n) is 3.05. The zero-order valence-electron chi connectivity index (χ0n) is 7.45. The highest BCUT2D eigenvalue weighted by Crippen LogP contribution is 2.16. The highest BCUT2D eigenvalue weighted by Gasteiger charge is 2.26. The van der Waals surface area contributed by atoms with Crippen molar-refractivity contribution in [1.29, 1.82) is 0 Å². The molecule has 0 aromatic carbocycles. The lowest BCUT2D eigenvalue weighted by Gasteiger charge is -2.22. The molecule has 0 aliphatic carbocycles. The molecule has 0 aromatic rings. The molecule has 1 aliphatic rings. The first kappa shape index (κ1) is 9.86. The quantitative estimate of drug-likeness (QED) is 0.693. The Kier molecular flexibility index (Phi) is 3.88. The molecule has 1 amide bonds. The number of hydrogen-bond donors (Lipinski definition) is 1. The van der Waals surface area contributed by atoms with Gasteiger partial charge in [-0.3, -0.25) is 4.79 Å². The summed E-state index contributed by atoms with van der Waals surface area (Å²) in [5.74, 6) is 0.840. The van der Waals surface area contributed by atoms with Crippen LogP contribution in [-0.4, -0.2) is 41.9 Å². The molecule has 1 unspecified atom stereocenters. The molecule has 2 N–H and O–H groups in total. The highest BCUT2D eigenvalue weighted by molar-refractivity contribution is 7.99. The molecular weight excluding hydrogens is 172 g/mol. The summed E-state index contributed by atoms with van der Waals surface area (Å²) < 4.78 is 0. The van der Waals surface area contributed by atoms with Crippen LogP contribution in [0.5, 0.6) is 0 Å². The van der Waals surface area contributed by atoms with E-state index in [1.165, 1.54) is 0 Å². The maximum atomic E-state index is 11.5. The number of nitrogens with zero attached hydrogens (tertiary/aromatic N) is 1. The maximum Gasteiger partial charge on any atom is 0.232 e. The monoisotopic (exact) mass is 188 g/mol.